The van der Waals surface area contributed by atoms with Gasteiger partial charge in [-0.15, -0.1) is 0 Å². The molecule has 0 fully saturated rings. The van der Waals surface area contributed by atoms with E-state index >= 15 is 0 Å². The second kappa shape index (κ2) is 12.4. The largest absolute Gasteiger partial charge is 0.350 e. The fraction of sp³-hybridized carbons (Fsp3) is 0.355. The fourth-order valence-electron chi connectivity index (χ4n) is 4.16. The van der Waals surface area contributed by atoms with E-state index in [9.17, 15) is 18.0 Å². The lowest BCUT2D eigenvalue weighted by Gasteiger charge is -2.34. The van der Waals surface area contributed by atoms with Crippen LogP contribution in [0, 0.1) is 20.8 Å². The third-order valence-corrected chi connectivity index (χ3v) is 8.72. The van der Waals surface area contributed by atoms with E-state index in [0.717, 1.165) is 21.0 Å². The number of benzene rings is 3. The summed E-state index contributed by atoms with van der Waals surface area (Å²) in [5, 5.41) is 3.31. The molecule has 0 aliphatic heterocycles. The van der Waals surface area contributed by atoms with Crippen molar-refractivity contribution in [1.29, 1.82) is 0 Å². The number of amides is 2. The summed E-state index contributed by atoms with van der Waals surface area (Å²) < 4.78 is 29.1. The van der Waals surface area contributed by atoms with Crippen LogP contribution in [0.2, 0.25) is 5.02 Å². The summed E-state index contributed by atoms with van der Waals surface area (Å²) in [6.45, 7) is 12.4. The topological polar surface area (TPSA) is 86.8 Å². The first-order chi connectivity index (χ1) is 18.6. The van der Waals surface area contributed by atoms with Crippen molar-refractivity contribution in [2.24, 2.45) is 0 Å². The minimum atomic E-state index is -4.17. The van der Waals surface area contributed by atoms with Crippen molar-refractivity contribution < 1.29 is 18.0 Å². The van der Waals surface area contributed by atoms with Gasteiger partial charge < -0.3 is 10.2 Å². The van der Waals surface area contributed by atoms with Crippen LogP contribution in [0.5, 0.6) is 0 Å². The number of nitrogens with zero attached hydrogens (tertiary/aromatic N) is 2. The number of rotatable bonds is 9. The highest BCUT2D eigenvalue weighted by Gasteiger charge is 2.34. The monoisotopic (exact) mass is 583 g/mol. The minimum absolute atomic E-state index is 0.0499. The lowest BCUT2D eigenvalue weighted by molar-refractivity contribution is -0.140. The lowest BCUT2D eigenvalue weighted by atomic mass is 10.1. The molecule has 0 bridgehead atoms. The molecule has 0 heterocycles. The molecule has 1 N–H and O–H groups in total. The third-order valence-electron chi connectivity index (χ3n) is 6.53. The molecule has 2 amide bonds. The molecule has 0 radical (unpaired) electrons. The lowest BCUT2D eigenvalue weighted by Crippen LogP contribution is -2.54. The molecule has 0 spiro atoms. The van der Waals surface area contributed by atoms with Gasteiger partial charge in [0.15, 0.2) is 0 Å². The highest BCUT2D eigenvalue weighted by molar-refractivity contribution is 7.92. The Labute approximate surface area is 243 Å². The van der Waals surface area contributed by atoms with Crippen LogP contribution in [0.25, 0.3) is 0 Å². The normalized spacial score (nSPS) is 12.5. The summed E-state index contributed by atoms with van der Waals surface area (Å²) >= 11 is 6.38. The van der Waals surface area contributed by atoms with Crippen molar-refractivity contribution in [1.82, 2.24) is 10.2 Å². The van der Waals surface area contributed by atoms with Crippen LogP contribution in [-0.4, -0.2) is 43.3 Å². The number of anilines is 1. The molecular weight excluding hydrogens is 546 g/mol. The molecule has 40 heavy (non-hydrogen) atoms. The van der Waals surface area contributed by atoms with E-state index in [1.165, 1.54) is 17.0 Å². The summed E-state index contributed by atoms with van der Waals surface area (Å²) in [5.74, 6) is -0.855. The van der Waals surface area contributed by atoms with E-state index < -0.39 is 34.1 Å². The summed E-state index contributed by atoms with van der Waals surface area (Å²) in [6.07, 6.45) is 0. The van der Waals surface area contributed by atoms with Gasteiger partial charge in [0, 0.05) is 17.1 Å². The van der Waals surface area contributed by atoms with Crippen LogP contribution in [0.3, 0.4) is 0 Å². The smallest absolute Gasteiger partial charge is 0.264 e. The standard InChI is InChI=1S/C31H38ClN3O4S/c1-21-11-15-25(16-12-21)19-34(24(4)30(37)33-31(5,6)7)29(36)20-35(28-10-8-9-27(32)23(28)3)40(38,39)26-17-13-22(2)14-18-26/h8-18,24H,19-20H2,1-7H3,(H,33,37)/t24-/m0/s1. The van der Waals surface area contributed by atoms with Gasteiger partial charge in [-0.25, -0.2) is 8.42 Å². The Bertz CT molecular complexity index is 1460. The Morgan fingerprint density at radius 3 is 2.00 bits per heavy atom. The predicted octanol–water partition coefficient (Wildman–Crippen LogP) is 5.79. The number of nitrogens with one attached hydrogen (secondary N) is 1. The zero-order valence-corrected chi connectivity index (χ0v) is 25.7. The van der Waals surface area contributed by atoms with E-state index in [1.807, 2.05) is 58.9 Å². The highest BCUT2D eigenvalue weighted by Crippen LogP contribution is 2.31. The molecule has 0 aliphatic carbocycles. The first-order valence-electron chi connectivity index (χ1n) is 13.1. The van der Waals surface area contributed by atoms with Crippen molar-refractivity contribution in [2.75, 3.05) is 10.8 Å². The third kappa shape index (κ3) is 7.64. The maximum Gasteiger partial charge on any atom is 0.264 e. The van der Waals surface area contributed by atoms with Crippen LogP contribution >= 0.6 is 11.6 Å². The van der Waals surface area contributed by atoms with E-state index in [4.69, 9.17) is 11.6 Å². The SMILES string of the molecule is Cc1ccc(CN(C(=O)CN(c2cccc(Cl)c2C)S(=O)(=O)c2ccc(C)cc2)[C@@H](C)C(=O)NC(C)(C)C)cc1. The summed E-state index contributed by atoms with van der Waals surface area (Å²) in [5.41, 5.74) is 3.10. The summed E-state index contributed by atoms with van der Waals surface area (Å²) in [4.78, 5) is 28.7. The van der Waals surface area contributed by atoms with E-state index in [1.54, 1.807) is 44.2 Å². The molecule has 7 nitrogen and oxygen atoms in total. The molecular formula is C31H38ClN3O4S. The summed E-state index contributed by atoms with van der Waals surface area (Å²) in [7, 11) is -4.17. The van der Waals surface area contributed by atoms with Crippen molar-refractivity contribution in [3.05, 3.63) is 94.0 Å². The predicted molar refractivity (Wildman–Crippen MR) is 161 cm³/mol. The van der Waals surface area contributed by atoms with Crippen molar-refractivity contribution in [3.8, 4) is 0 Å². The molecule has 1 atom stereocenters. The second-order valence-corrected chi connectivity index (χ2v) is 13.4. The van der Waals surface area contributed by atoms with E-state index in [2.05, 4.69) is 5.32 Å². The van der Waals surface area contributed by atoms with Gasteiger partial charge in [0.2, 0.25) is 11.8 Å². The highest BCUT2D eigenvalue weighted by atomic mass is 35.5. The van der Waals surface area contributed by atoms with Gasteiger partial charge >= 0.3 is 0 Å². The first-order valence-corrected chi connectivity index (χ1v) is 14.9. The number of hydrogen-bond donors (Lipinski definition) is 1. The van der Waals surface area contributed by atoms with Crippen molar-refractivity contribution >= 4 is 39.1 Å². The maximum absolute atomic E-state index is 14.0. The van der Waals surface area contributed by atoms with Crippen molar-refractivity contribution in [3.63, 3.8) is 0 Å². The Hall–Kier alpha value is -3.36. The molecule has 214 valence electrons. The average molecular weight is 584 g/mol. The first kappa shape index (κ1) is 31.2. The van der Waals surface area contributed by atoms with E-state index in [0.29, 0.717) is 16.3 Å². The number of carbonyl (C=O) groups excluding carboxylic acids is 2. The zero-order valence-electron chi connectivity index (χ0n) is 24.2. The van der Waals surface area contributed by atoms with Crippen LogP contribution in [0.1, 0.15) is 49.9 Å². The number of aryl methyl sites for hydroxylation is 2. The van der Waals surface area contributed by atoms with Crippen LogP contribution in [0.15, 0.2) is 71.6 Å². The minimum Gasteiger partial charge on any atom is -0.350 e. The second-order valence-electron chi connectivity index (χ2n) is 11.1. The van der Waals surface area contributed by atoms with Crippen molar-refractivity contribution in [2.45, 2.75) is 71.5 Å². The van der Waals surface area contributed by atoms with Gasteiger partial charge in [-0.05, 0) is 83.9 Å². The number of hydrogen-bond acceptors (Lipinski definition) is 4. The Morgan fingerprint density at radius 1 is 0.900 bits per heavy atom. The number of halogens is 1. The van der Waals surface area contributed by atoms with Gasteiger partial charge in [0.25, 0.3) is 10.0 Å². The van der Waals surface area contributed by atoms with Gasteiger partial charge in [-0.1, -0.05) is 65.2 Å². The molecule has 0 aromatic heterocycles. The van der Waals surface area contributed by atoms with Crippen LogP contribution in [0.4, 0.5) is 5.69 Å². The average Bonchev–Trinajstić information content (AvgIpc) is 2.87. The quantitative estimate of drug-likeness (QED) is 0.345. The summed E-state index contributed by atoms with van der Waals surface area (Å²) in [6, 6.07) is 18.2. The Balaban J connectivity index is 2.08. The molecule has 0 unspecified atom stereocenters. The zero-order chi connectivity index (χ0) is 29.8. The maximum atomic E-state index is 14.0. The molecule has 3 aromatic carbocycles. The number of sulfonamides is 1. The fourth-order valence-corrected chi connectivity index (χ4v) is 5.81. The number of carbonyl (C=O) groups is 2. The van der Waals surface area contributed by atoms with Gasteiger partial charge in [0.05, 0.1) is 10.6 Å². The van der Waals surface area contributed by atoms with Gasteiger partial charge in [-0.2, -0.15) is 0 Å². The Morgan fingerprint density at radius 2 is 1.45 bits per heavy atom. The van der Waals surface area contributed by atoms with Gasteiger partial charge in [0.1, 0.15) is 12.6 Å². The molecule has 0 saturated carbocycles. The van der Waals surface area contributed by atoms with Crippen LogP contribution in [-0.2, 0) is 26.2 Å². The molecule has 9 heteroatoms. The van der Waals surface area contributed by atoms with E-state index in [-0.39, 0.29) is 17.3 Å². The molecule has 3 aromatic rings. The molecule has 0 saturated heterocycles. The molecule has 0 aliphatic rings. The van der Waals surface area contributed by atoms with Crippen LogP contribution < -0.4 is 9.62 Å². The van der Waals surface area contributed by atoms with Gasteiger partial charge in [-0.3, -0.25) is 13.9 Å². The molecule has 3 rings (SSSR count). The Kier molecular flexibility index (Phi) is 9.69.